The average Bonchev–Trinajstić information content (AvgIpc) is 3.20. The standard InChI is InChI=1S/C24H25NO5S/c1-4-13-29-18-11-7-17(8-12-18)20-15-31-23(22(20)24(27)28-3)25-21(26)14-30-19-9-5-16(2)6-10-19/h5-12,15H,4,13-14H2,1-3H3,(H,25,26). The van der Waals surface area contributed by atoms with Crippen molar-refractivity contribution in [3.63, 3.8) is 0 Å². The summed E-state index contributed by atoms with van der Waals surface area (Å²) in [6, 6.07) is 14.9. The lowest BCUT2D eigenvalue weighted by Gasteiger charge is -2.10. The van der Waals surface area contributed by atoms with Gasteiger partial charge in [0, 0.05) is 10.9 Å². The molecule has 0 saturated heterocycles. The molecule has 2 aromatic carbocycles. The van der Waals surface area contributed by atoms with Crippen LogP contribution in [-0.2, 0) is 9.53 Å². The van der Waals surface area contributed by atoms with Crippen molar-refractivity contribution in [3.05, 3.63) is 65.0 Å². The SMILES string of the molecule is CCCOc1ccc(-c2csc(NC(=O)COc3ccc(C)cc3)c2C(=O)OC)cc1. The third-order valence-corrected chi connectivity index (χ3v) is 5.36. The van der Waals surface area contributed by atoms with Crippen molar-refractivity contribution in [2.75, 3.05) is 25.6 Å². The Kier molecular flexibility index (Phi) is 7.67. The summed E-state index contributed by atoms with van der Waals surface area (Å²) in [5.41, 5.74) is 2.94. The van der Waals surface area contributed by atoms with Crippen molar-refractivity contribution in [2.45, 2.75) is 20.3 Å². The number of hydrogen-bond acceptors (Lipinski definition) is 6. The summed E-state index contributed by atoms with van der Waals surface area (Å²) in [6.45, 7) is 4.50. The van der Waals surface area contributed by atoms with E-state index in [1.165, 1.54) is 18.4 Å². The van der Waals surface area contributed by atoms with Crippen molar-refractivity contribution >= 4 is 28.2 Å². The lowest BCUT2D eigenvalue weighted by Crippen LogP contribution is -2.21. The quantitative estimate of drug-likeness (QED) is 0.457. The molecule has 1 amide bonds. The zero-order valence-electron chi connectivity index (χ0n) is 17.8. The van der Waals surface area contributed by atoms with Crippen LogP contribution in [0.4, 0.5) is 5.00 Å². The molecule has 0 radical (unpaired) electrons. The van der Waals surface area contributed by atoms with Gasteiger partial charge in [-0.2, -0.15) is 0 Å². The number of rotatable bonds is 9. The topological polar surface area (TPSA) is 73.9 Å². The van der Waals surface area contributed by atoms with Crippen LogP contribution in [0, 0.1) is 6.92 Å². The number of aryl methyl sites for hydroxylation is 1. The highest BCUT2D eigenvalue weighted by molar-refractivity contribution is 7.15. The summed E-state index contributed by atoms with van der Waals surface area (Å²) in [5.74, 6) is 0.494. The Morgan fingerprint density at radius 3 is 2.26 bits per heavy atom. The summed E-state index contributed by atoms with van der Waals surface area (Å²) in [6.07, 6.45) is 0.926. The molecular weight excluding hydrogens is 414 g/mol. The number of amides is 1. The molecule has 0 unspecified atom stereocenters. The van der Waals surface area contributed by atoms with Crippen LogP contribution >= 0.6 is 11.3 Å². The van der Waals surface area contributed by atoms with Gasteiger partial charge in [-0.3, -0.25) is 4.79 Å². The molecule has 162 valence electrons. The summed E-state index contributed by atoms with van der Waals surface area (Å²) >= 11 is 1.27. The number of anilines is 1. The number of carbonyl (C=O) groups is 2. The number of esters is 1. The van der Waals surface area contributed by atoms with E-state index in [0.29, 0.717) is 28.5 Å². The van der Waals surface area contributed by atoms with Gasteiger partial charge >= 0.3 is 5.97 Å². The zero-order valence-corrected chi connectivity index (χ0v) is 18.6. The Labute approximate surface area is 185 Å². The molecule has 3 aromatic rings. The highest BCUT2D eigenvalue weighted by atomic mass is 32.1. The summed E-state index contributed by atoms with van der Waals surface area (Å²) in [7, 11) is 1.32. The smallest absolute Gasteiger partial charge is 0.341 e. The van der Waals surface area contributed by atoms with E-state index in [-0.39, 0.29) is 12.5 Å². The van der Waals surface area contributed by atoms with E-state index in [1.54, 1.807) is 12.1 Å². The Morgan fingerprint density at radius 2 is 1.61 bits per heavy atom. The van der Waals surface area contributed by atoms with Crippen LogP contribution in [0.5, 0.6) is 11.5 Å². The van der Waals surface area contributed by atoms with Crippen LogP contribution in [0.3, 0.4) is 0 Å². The Balaban J connectivity index is 1.75. The molecule has 31 heavy (non-hydrogen) atoms. The third-order valence-electron chi connectivity index (χ3n) is 4.46. The molecule has 0 saturated carbocycles. The van der Waals surface area contributed by atoms with Crippen molar-refractivity contribution in [3.8, 4) is 22.6 Å². The van der Waals surface area contributed by atoms with Gasteiger partial charge in [-0.25, -0.2) is 4.79 Å². The number of methoxy groups -OCH3 is 1. The van der Waals surface area contributed by atoms with Gasteiger partial charge in [0.1, 0.15) is 22.1 Å². The number of thiophene rings is 1. The first-order valence-electron chi connectivity index (χ1n) is 9.94. The zero-order chi connectivity index (χ0) is 22.2. The minimum atomic E-state index is -0.516. The lowest BCUT2D eigenvalue weighted by molar-refractivity contribution is -0.118. The van der Waals surface area contributed by atoms with Crippen LogP contribution in [0.15, 0.2) is 53.9 Å². The van der Waals surface area contributed by atoms with E-state index in [0.717, 1.165) is 23.3 Å². The molecule has 3 rings (SSSR count). The summed E-state index contributed by atoms with van der Waals surface area (Å²) < 4.78 is 16.1. The second kappa shape index (κ2) is 10.6. The van der Waals surface area contributed by atoms with Crippen molar-refractivity contribution in [2.24, 2.45) is 0 Å². The van der Waals surface area contributed by atoms with E-state index in [9.17, 15) is 9.59 Å². The van der Waals surface area contributed by atoms with E-state index >= 15 is 0 Å². The van der Waals surface area contributed by atoms with Crippen molar-refractivity contribution in [1.82, 2.24) is 0 Å². The molecule has 1 heterocycles. The monoisotopic (exact) mass is 439 g/mol. The van der Waals surface area contributed by atoms with Crippen LogP contribution < -0.4 is 14.8 Å². The fraction of sp³-hybridized carbons (Fsp3) is 0.250. The summed E-state index contributed by atoms with van der Waals surface area (Å²) in [5, 5.41) is 5.01. The number of benzene rings is 2. The highest BCUT2D eigenvalue weighted by Crippen LogP contribution is 2.36. The Bertz CT molecular complexity index is 1030. The van der Waals surface area contributed by atoms with Crippen LogP contribution in [-0.4, -0.2) is 32.2 Å². The highest BCUT2D eigenvalue weighted by Gasteiger charge is 2.22. The van der Waals surface area contributed by atoms with E-state index in [2.05, 4.69) is 5.32 Å². The van der Waals surface area contributed by atoms with Crippen LogP contribution in [0.2, 0.25) is 0 Å². The first-order valence-corrected chi connectivity index (χ1v) is 10.8. The maximum Gasteiger partial charge on any atom is 0.341 e. The molecule has 0 spiro atoms. The second-order valence-electron chi connectivity index (χ2n) is 6.87. The fourth-order valence-electron chi connectivity index (χ4n) is 2.86. The van der Waals surface area contributed by atoms with Crippen LogP contribution in [0.25, 0.3) is 11.1 Å². The number of hydrogen-bond donors (Lipinski definition) is 1. The molecule has 0 aliphatic heterocycles. The summed E-state index contributed by atoms with van der Waals surface area (Å²) in [4.78, 5) is 24.9. The minimum Gasteiger partial charge on any atom is -0.494 e. The van der Waals surface area contributed by atoms with Crippen molar-refractivity contribution < 1.29 is 23.8 Å². The number of ether oxygens (including phenoxy) is 3. The molecular formula is C24H25NO5S. The first kappa shape index (κ1) is 22.4. The predicted octanol–water partition coefficient (Wildman–Crippen LogP) is 5.32. The normalized spacial score (nSPS) is 10.4. The molecule has 7 heteroatoms. The van der Waals surface area contributed by atoms with E-state index in [1.807, 2.05) is 55.6 Å². The Hall–Kier alpha value is -3.32. The van der Waals surface area contributed by atoms with Gasteiger partial charge in [0.05, 0.1) is 13.7 Å². The van der Waals surface area contributed by atoms with Gasteiger partial charge in [-0.1, -0.05) is 36.8 Å². The van der Waals surface area contributed by atoms with Gasteiger partial charge in [-0.05, 0) is 43.2 Å². The van der Waals surface area contributed by atoms with Gasteiger partial charge in [0.15, 0.2) is 6.61 Å². The molecule has 0 fully saturated rings. The first-order chi connectivity index (χ1) is 15.0. The minimum absolute atomic E-state index is 0.166. The molecule has 0 bridgehead atoms. The Morgan fingerprint density at radius 1 is 0.968 bits per heavy atom. The van der Waals surface area contributed by atoms with E-state index in [4.69, 9.17) is 14.2 Å². The maximum atomic E-state index is 12.5. The fourth-order valence-corrected chi connectivity index (χ4v) is 3.84. The van der Waals surface area contributed by atoms with Gasteiger partial charge in [0.2, 0.25) is 0 Å². The van der Waals surface area contributed by atoms with Gasteiger partial charge in [0.25, 0.3) is 5.91 Å². The average molecular weight is 440 g/mol. The predicted molar refractivity (Wildman–Crippen MR) is 122 cm³/mol. The molecule has 0 aliphatic carbocycles. The van der Waals surface area contributed by atoms with Gasteiger partial charge in [-0.15, -0.1) is 11.3 Å². The third kappa shape index (κ3) is 5.86. The lowest BCUT2D eigenvalue weighted by atomic mass is 10.0. The number of carbonyl (C=O) groups excluding carboxylic acids is 2. The van der Waals surface area contributed by atoms with Crippen LogP contribution in [0.1, 0.15) is 29.3 Å². The molecule has 0 atom stereocenters. The van der Waals surface area contributed by atoms with Gasteiger partial charge < -0.3 is 19.5 Å². The molecule has 1 aromatic heterocycles. The maximum absolute atomic E-state index is 12.5. The van der Waals surface area contributed by atoms with E-state index < -0.39 is 5.97 Å². The van der Waals surface area contributed by atoms with Crippen molar-refractivity contribution in [1.29, 1.82) is 0 Å². The largest absolute Gasteiger partial charge is 0.494 e. The molecule has 0 aliphatic rings. The molecule has 6 nitrogen and oxygen atoms in total. The molecule has 1 N–H and O–H groups in total. The second-order valence-corrected chi connectivity index (χ2v) is 7.75. The number of nitrogens with one attached hydrogen (secondary N) is 1.